The molecule has 1 heterocycles. The van der Waals surface area contributed by atoms with E-state index in [1.165, 1.54) is 12.1 Å². The van der Waals surface area contributed by atoms with Crippen molar-refractivity contribution >= 4 is 34.1 Å². The Hall–Kier alpha value is -0.860. The molecule has 0 saturated heterocycles. The van der Waals surface area contributed by atoms with Crippen LogP contribution in [-0.2, 0) is 0 Å². The number of halogens is 3. The summed E-state index contributed by atoms with van der Waals surface area (Å²) < 4.78 is 13.0. The molecule has 0 atom stereocenters. The molecule has 0 spiro atoms. The van der Waals surface area contributed by atoms with Crippen LogP contribution in [0.4, 0.5) is 4.39 Å². The van der Waals surface area contributed by atoms with Crippen LogP contribution in [-0.4, -0.2) is 4.98 Å². The molecule has 0 unspecified atom stereocenters. The molecule has 0 radical (unpaired) electrons. The Morgan fingerprint density at radius 3 is 2.64 bits per heavy atom. The number of pyridine rings is 1. The van der Waals surface area contributed by atoms with Crippen molar-refractivity contribution in [2.75, 3.05) is 0 Å². The molecule has 1 aromatic heterocycles. The first-order valence-corrected chi connectivity index (χ1v) is 4.75. The van der Waals surface area contributed by atoms with E-state index in [0.29, 0.717) is 15.7 Å². The molecule has 2 aromatic rings. The summed E-state index contributed by atoms with van der Waals surface area (Å²) >= 11 is 11.6. The Morgan fingerprint density at radius 2 is 1.93 bits per heavy atom. The Morgan fingerprint density at radius 1 is 1.21 bits per heavy atom. The smallest absolute Gasteiger partial charge is 0.130 e. The Kier molecular flexibility index (Phi) is 2.33. The number of hydrogen-bond donors (Lipinski definition) is 0. The number of aromatic nitrogens is 1. The van der Waals surface area contributed by atoms with Crippen molar-refractivity contribution < 1.29 is 4.39 Å². The van der Waals surface area contributed by atoms with E-state index in [1.807, 2.05) is 6.92 Å². The minimum absolute atomic E-state index is 0.344. The van der Waals surface area contributed by atoms with Crippen LogP contribution in [0.3, 0.4) is 0 Å². The largest absolute Gasteiger partial charge is 0.236 e. The van der Waals surface area contributed by atoms with E-state index >= 15 is 0 Å². The maximum atomic E-state index is 13.0. The lowest BCUT2D eigenvalue weighted by atomic mass is 10.1. The molecule has 0 amide bonds. The van der Waals surface area contributed by atoms with Crippen LogP contribution in [0.1, 0.15) is 5.56 Å². The summed E-state index contributed by atoms with van der Waals surface area (Å²) in [5.74, 6) is -0.406. The van der Waals surface area contributed by atoms with Gasteiger partial charge in [0.25, 0.3) is 0 Å². The van der Waals surface area contributed by atoms with Crippen LogP contribution in [0.2, 0.25) is 10.2 Å². The first kappa shape index (κ1) is 9.69. The molecule has 0 aliphatic rings. The van der Waals surface area contributed by atoms with Crippen molar-refractivity contribution in [2.24, 2.45) is 0 Å². The van der Waals surface area contributed by atoms with Crippen LogP contribution in [0, 0.1) is 12.7 Å². The van der Waals surface area contributed by atoms with Crippen LogP contribution in [0.25, 0.3) is 10.9 Å². The van der Waals surface area contributed by atoms with E-state index in [9.17, 15) is 4.39 Å². The summed E-state index contributed by atoms with van der Waals surface area (Å²) in [6.07, 6.45) is 0. The minimum atomic E-state index is -0.406. The second-order valence-electron chi connectivity index (χ2n) is 3.04. The molecule has 0 aliphatic heterocycles. The molecule has 1 aromatic carbocycles. The predicted molar refractivity (Wildman–Crippen MR) is 56.5 cm³/mol. The van der Waals surface area contributed by atoms with Crippen LogP contribution < -0.4 is 0 Å². The van der Waals surface area contributed by atoms with Gasteiger partial charge in [0.2, 0.25) is 0 Å². The summed E-state index contributed by atoms with van der Waals surface area (Å²) in [5, 5.41) is 1.45. The van der Waals surface area contributed by atoms with Gasteiger partial charge in [0.1, 0.15) is 11.0 Å². The van der Waals surface area contributed by atoms with E-state index in [-0.39, 0.29) is 0 Å². The van der Waals surface area contributed by atoms with Gasteiger partial charge in [-0.2, -0.15) is 0 Å². The molecule has 72 valence electrons. The molecule has 14 heavy (non-hydrogen) atoms. The summed E-state index contributed by atoms with van der Waals surface area (Å²) in [6.45, 7) is 1.86. The molecule has 4 heteroatoms. The van der Waals surface area contributed by atoms with Gasteiger partial charge in [0.05, 0.1) is 10.5 Å². The molecule has 0 aliphatic carbocycles. The molecule has 1 nitrogen and oxygen atoms in total. The van der Waals surface area contributed by atoms with Crippen LogP contribution in [0.15, 0.2) is 18.2 Å². The van der Waals surface area contributed by atoms with Gasteiger partial charge in [0.15, 0.2) is 0 Å². The second-order valence-corrected chi connectivity index (χ2v) is 3.84. The zero-order valence-electron chi connectivity index (χ0n) is 7.31. The average Bonchev–Trinajstić information content (AvgIpc) is 1.99. The van der Waals surface area contributed by atoms with Gasteiger partial charge < -0.3 is 0 Å². The average molecular weight is 230 g/mol. The topological polar surface area (TPSA) is 12.9 Å². The van der Waals surface area contributed by atoms with E-state index < -0.39 is 5.82 Å². The summed E-state index contributed by atoms with van der Waals surface area (Å²) in [5.41, 5.74) is 1.38. The van der Waals surface area contributed by atoms with Crippen LogP contribution in [0.5, 0.6) is 0 Å². The lowest BCUT2D eigenvalue weighted by Gasteiger charge is -2.04. The minimum Gasteiger partial charge on any atom is -0.236 e. The molecule has 0 bridgehead atoms. The van der Waals surface area contributed by atoms with Gasteiger partial charge in [0, 0.05) is 11.5 Å². The fourth-order valence-corrected chi connectivity index (χ4v) is 2.04. The number of benzene rings is 1. The third-order valence-electron chi connectivity index (χ3n) is 1.99. The van der Waals surface area contributed by atoms with E-state index in [4.69, 9.17) is 23.2 Å². The number of aryl methyl sites for hydroxylation is 1. The SMILES string of the molecule is Cc1cc(Cl)nc2cc(F)cc(Cl)c12. The summed E-state index contributed by atoms with van der Waals surface area (Å²) in [6, 6.07) is 4.29. The van der Waals surface area contributed by atoms with Gasteiger partial charge in [-0.05, 0) is 24.6 Å². The van der Waals surface area contributed by atoms with E-state index in [1.54, 1.807) is 6.07 Å². The quantitative estimate of drug-likeness (QED) is 0.623. The lowest BCUT2D eigenvalue weighted by Crippen LogP contribution is -1.87. The normalized spacial score (nSPS) is 10.9. The van der Waals surface area contributed by atoms with Crippen molar-refractivity contribution in [1.29, 1.82) is 0 Å². The number of hydrogen-bond acceptors (Lipinski definition) is 1. The second kappa shape index (κ2) is 3.37. The van der Waals surface area contributed by atoms with Crippen molar-refractivity contribution in [3.63, 3.8) is 0 Å². The highest BCUT2D eigenvalue weighted by molar-refractivity contribution is 6.36. The Labute approximate surface area is 90.5 Å². The Bertz CT molecular complexity index is 468. The van der Waals surface area contributed by atoms with Crippen molar-refractivity contribution in [3.8, 4) is 0 Å². The highest BCUT2D eigenvalue weighted by atomic mass is 35.5. The molecule has 2 rings (SSSR count). The summed E-state index contributed by atoms with van der Waals surface area (Å²) in [4.78, 5) is 4.00. The first-order valence-electron chi connectivity index (χ1n) is 4.00. The van der Waals surface area contributed by atoms with Gasteiger partial charge >= 0.3 is 0 Å². The third-order valence-corrected chi connectivity index (χ3v) is 2.48. The monoisotopic (exact) mass is 229 g/mol. The molecule has 0 N–H and O–H groups in total. The molecule has 0 fully saturated rings. The number of rotatable bonds is 0. The summed E-state index contributed by atoms with van der Waals surface area (Å²) in [7, 11) is 0. The van der Waals surface area contributed by atoms with Crippen molar-refractivity contribution in [2.45, 2.75) is 6.92 Å². The van der Waals surface area contributed by atoms with Crippen LogP contribution >= 0.6 is 23.2 Å². The molecular formula is C10H6Cl2FN. The highest BCUT2D eigenvalue weighted by Crippen LogP contribution is 2.28. The van der Waals surface area contributed by atoms with Gasteiger partial charge in [-0.25, -0.2) is 9.37 Å². The predicted octanol–water partition coefficient (Wildman–Crippen LogP) is 3.99. The first-order chi connectivity index (χ1) is 6.58. The maximum absolute atomic E-state index is 13.0. The third kappa shape index (κ3) is 1.56. The molecular weight excluding hydrogens is 224 g/mol. The number of nitrogens with zero attached hydrogens (tertiary/aromatic N) is 1. The maximum Gasteiger partial charge on any atom is 0.130 e. The zero-order chi connectivity index (χ0) is 10.3. The highest BCUT2D eigenvalue weighted by Gasteiger charge is 2.07. The van der Waals surface area contributed by atoms with E-state index in [2.05, 4.69) is 4.98 Å². The number of fused-ring (bicyclic) bond motifs is 1. The zero-order valence-corrected chi connectivity index (χ0v) is 8.83. The van der Waals surface area contributed by atoms with Gasteiger partial charge in [-0.15, -0.1) is 0 Å². The fraction of sp³-hybridized carbons (Fsp3) is 0.100. The van der Waals surface area contributed by atoms with Gasteiger partial charge in [-0.3, -0.25) is 0 Å². The van der Waals surface area contributed by atoms with E-state index in [0.717, 1.165) is 10.9 Å². The lowest BCUT2D eigenvalue weighted by molar-refractivity contribution is 0.629. The van der Waals surface area contributed by atoms with Crippen molar-refractivity contribution in [1.82, 2.24) is 4.98 Å². The molecule has 0 saturated carbocycles. The fourth-order valence-electron chi connectivity index (χ4n) is 1.44. The Balaban J connectivity index is 2.94. The van der Waals surface area contributed by atoms with Gasteiger partial charge in [-0.1, -0.05) is 23.2 Å². The van der Waals surface area contributed by atoms with Crippen molar-refractivity contribution in [3.05, 3.63) is 39.8 Å². The standard InChI is InChI=1S/C10H6Cl2FN/c1-5-2-9(12)14-8-4-6(13)3-7(11)10(5)8/h2-4H,1H3.